The molecule has 0 fully saturated rings. The minimum atomic E-state index is -0.534. The summed E-state index contributed by atoms with van der Waals surface area (Å²) in [4.78, 5) is 25.4. The fraction of sp³-hybridized carbons (Fsp3) is 0.167. The van der Waals surface area contributed by atoms with Gasteiger partial charge in [0, 0.05) is 4.47 Å². The fourth-order valence-electron chi connectivity index (χ4n) is 3.13. The van der Waals surface area contributed by atoms with Gasteiger partial charge in [0.25, 0.3) is 5.56 Å². The first kappa shape index (κ1) is 23.7. The van der Waals surface area contributed by atoms with Gasteiger partial charge in [-0.2, -0.15) is 0 Å². The first-order valence-electron chi connectivity index (χ1n) is 10.3. The molecule has 0 N–H and O–H groups in total. The molecule has 0 spiro atoms. The SMILES string of the molecule is CCOC(=O)/C=c1\s/c(=C/c2ccc(OC)cc2)c(=O)n1Cc1nnc(-c2ccccc2Br)o1. The molecule has 4 rings (SSSR count). The highest BCUT2D eigenvalue weighted by atomic mass is 79.9. The lowest BCUT2D eigenvalue weighted by atomic mass is 10.2. The summed E-state index contributed by atoms with van der Waals surface area (Å²) in [5.41, 5.74) is 1.28. The van der Waals surface area contributed by atoms with E-state index in [0.717, 1.165) is 15.6 Å². The summed E-state index contributed by atoms with van der Waals surface area (Å²) >= 11 is 4.65. The van der Waals surface area contributed by atoms with E-state index in [4.69, 9.17) is 13.9 Å². The Bertz CT molecular complexity index is 1490. The Labute approximate surface area is 206 Å². The topological polar surface area (TPSA) is 96.5 Å². The van der Waals surface area contributed by atoms with Crippen molar-refractivity contribution in [1.29, 1.82) is 0 Å². The van der Waals surface area contributed by atoms with Crippen molar-refractivity contribution < 1.29 is 18.7 Å². The highest BCUT2D eigenvalue weighted by molar-refractivity contribution is 9.10. The maximum absolute atomic E-state index is 13.2. The van der Waals surface area contributed by atoms with E-state index in [1.165, 1.54) is 22.0 Å². The van der Waals surface area contributed by atoms with Crippen molar-refractivity contribution in [3.05, 3.63) is 84.0 Å². The van der Waals surface area contributed by atoms with Crippen LogP contribution < -0.4 is 19.5 Å². The van der Waals surface area contributed by atoms with E-state index >= 15 is 0 Å². The largest absolute Gasteiger partial charge is 0.497 e. The standard InChI is InChI=1S/C24H20BrN3O5S/c1-3-32-22(29)13-21-28(14-20-26-27-23(33-20)17-6-4-5-7-18(17)25)24(30)19(34-21)12-15-8-10-16(31-2)11-9-15/h4-13H,3,14H2,1-2H3/b19-12+,21-13-. The van der Waals surface area contributed by atoms with Crippen molar-refractivity contribution in [3.63, 3.8) is 0 Å². The fourth-order valence-corrected chi connectivity index (χ4v) is 4.61. The third kappa shape index (κ3) is 5.35. The first-order chi connectivity index (χ1) is 16.5. The number of nitrogens with zero attached hydrogens (tertiary/aromatic N) is 3. The second-order valence-electron chi connectivity index (χ2n) is 6.99. The van der Waals surface area contributed by atoms with Gasteiger partial charge in [0.15, 0.2) is 0 Å². The molecule has 4 aromatic rings. The lowest BCUT2D eigenvalue weighted by Crippen LogP contribution is -2.32. The molecule has 0 radical (unpaired) electrons. The number of hydrogen-bond acceptors (Lipinski definition) is 8. The molecule has 0 saturated carbocycles. The van der Waals surface area contributed by atoms with Crippen molar-refractivity contribution >= 4 is 45.4 Å². The van der Waals surface area contributed by atoms with Crippen LogP contribution in [0, 0.1) is 0 Å². The van der Waals surface area contributed by atoms with Crippen LogP contribution in [0.25, 0.3) is 23.6 Å². The number of halogens is 1. The maximum atomic E-state index is 13.2. The van der Waals surface area contributed by atoms with E-state index < -0.39 is 5.97 Å². The van der Waals surface area contributed by atoms with E-state index in [1.54, 1.807) is 20.1 Å². The number of hydrogen-bond donors (Lipinski definition) is 0. The van der Waals surface area contributed by atoms with Gasteiger partial charge in [-0.3, -0.25) is 9.36 Å². The lowest BCUT2D eigenvalue weighted by molar-refractivity contribution is -0.135. The van der Waals surface area contributed by atoms with Crippen LogP contribution in [0.15, 0.2) is 62.2 Å². The van der Waals surface area contributed by atoms with Crippen molar-refractivity contribution in [2.75, 3.05) is 13.7 Å². The minimum Gasteiger partial charge on any atom is -0.497 e. The third-order valence-electron chi connectivity index (χ3n) is 4.74. The van der Waals surface area contributed by atoms with Crippen LogP contribution in [0.5, 0.6) is 5.75 Å². The zero-order valence-electron chi connectivity index (χ0n) is 18.4. The molecule has 0 aliphatic heterocycles. The minimum absolute atomic E-state index is 0.00841. The van der Waals surface area contributed by atoms with Gasteiger partial charge in [-0.15, -0.1) is 21.5 Å². The molecule has 2 aromatic carbocycles. The number of ether oxygens (including phenoxy) is 2. The summed E-state index contributed by atoms with van der Waals surface area (Å²) in [6.45, 7) is 1.96. The zero-order chi connectivity index (χ0) is 24.1. The Kier molecular flexibility index (Phi) is 7.39. The van der Waals surface area contributed by atoms with Gasteiger partial charge in [-0.05, 0) is 58.8 Å². The van der Waals surface area contributed by atoms with Crippen LogP contribution in [0.3, 0.4) is 0 Å². The molecule has 174 valence electrons. The quantitative estimate of drug-likeness (QED) is 0.332. The monoisotopic (exact) mass is 541 g/mol. The number of thiazole rings is 1. The summed E-state index contributed by atoms with van der Waals surface area (Å²) in [5.74, 6) is 0.745. The van der Waals surface area contributed by atoms with Gasteiger partial charge in [0.1, 0.15) is 17.0 Å². The molecule has 0 amide bonds. The summed E-state index contributed by atoms with van der Waals surface area (Å²) in [6, 6.07) is 14.8. The van der Waals surface area contributed by atoms with Crippen LogP contribution in [-0.2, 0) is 16.1 Å². The zero-order valence-corrected chi connectivity index (χ0v) is 20.8. The van der Waals surface area contributed by atoms with Crippen LogP contribution >= 0.6 is 27.3 Å². The normalized spacial score (nSPS) is 12.2. The van der Waals surface area contributed by atoms with Gasteiger partial charge < -0.3 is 13.9 Å². The van der Waals surface area contributed by atoms with Crippen LogP contribution in [-0.4, -0.2) is 34.5 Å². The molecule has 0 aliphatic rings. The molecular weight excluding hydrogens is 522 g/mol. The summed E-state index contributed by atoms with van der Waals surface area (Å²) in [6.07, 6.45) is 3.05. The Morgan fingerprint density at radius 2 is 1.94 bits per heavy atom. The summed E-state index contributed by atoms with van der Waals surface area (Å²) < 4.78 is 19.1. The van der Waals surface area contributed by atoms with E-state index in [-0.39, 0.29) is 24.6 Å². The van der Waals surface area contributed by atoms with E-state index in [1.807, 2.05) is 48.5 Å². The van der Waals surface area contributed by atoms with Gasteiger partial charge in [0.2, 0.25) is 11.8 Å². The predicted octanol–water partition coefficient (Wildman–Crippen LogP) is 2.95. The molecule has 0 atom stereocenters. The number of carbonyl (C=O) groups excluding carboxylic acids is 1. The molecule has 2 heterocycles. The molecule has 0 saturated heterocycles. The number of benzene rings is 2. The molecule has 0 aliphatic carbocycles. The number of carbonyl (C=O) groups is 1. The molecular formula is C24H20BrN3O5S. The number of rotatable bonds is 7. The van der Waals surface area contributed by atoms with Crippen molar-refractivity contribution in [1.82, 2.24) is 14.8 Å². The molecule has 2 aromatic heterocycles. The Balaban J connectivity index is 1.75. The molecule has 8 nitrogen and oxygen atoms in total. The van der Waals surface area contributed by atoms with Crippen molar-refractivity contribution in [2.45, 2.75) is 13.5 Å². The highest BCUT2D eigenvalue weighted by Crippen LogP contribution is 2.26. The maximum Gasteiger partial charge on any atom is 0.333 e. The first-order valence-corrected chi connectivity index (χ1v) is 11.9. The smallest absolute Gasteiger partial charge is 0.333 e. The Morgan fingerprint density at radius 1 is 1.18 bits per heavy atom. The molecule has 10 heteroatoms. The second kappa shape index (κ2) is 10.6. The van der Waals surface area contributed by atoms with Crippen molar-refractivity contribution in [3.8, 4) is 17.2 Å². The summed E-state index contributed by atoms with van der Waals surface area (Å²) in [7, 11) is 1.59. The Hall–Kier alpha value is -3.50. The lowest BCUT2D eigenvalue weighted by Gasteiger charge is -1.99. The second-order valence-corrected chi connectivity index (χ2v) is 8.91. The van der Waals surface area contributed by atoms with Crippen LogP contribution in [0.1, 0.15) is 18.4 Å². The van der Waals surface area contributed by atoms with Gasteiger partial charge >= 0.3 is 5.97 Å². The average Bonchev–Trinajstić information content (AvgIpc) is 3.41. The third-order valence-corrected chi connectivity index (χ3v) is 6.49. The van der Waals surface area contributed by atoms with E-state index in [9.17, 15) is 9.59 Å². The highest BCUT2D eigenvalue weighted by Gasteiger charge is 2.14. The van der Waals surface area contributed by atoms with Crippen LogP contribution in [0.4, 0.5) is 0 Å². The van der Waals surface area contributed by atoms with E-state index in [0.29, 0.717) is 20.8 Å². The predicted molar refractivity (Wildman–Crippen MR) is 132 cm³/mol. The number of aromatic nitrogens is 3. The van der Waals surface area contributed by atoms with Gasteiger partial charge in [-0.1, -0.05) is 24.3 Å². The van der Waals surface area contributed by atoms with Gasteiger partial charge in [0.05, 0.1) is 29.9 Å². The van der Waals surface area contributed by atoms with Gasteiger partial charge in [-0.25, -0.2) is 4.79 Å². The number of esters is 1. The summed E-state index contributed by atoms with van der Waals surface area (Å²) in [5, 5.41) is 8.20. The van der Waals surface area contributed by atoms with Crippen LogP contribution in [0.2, 0.25) is 0 Å². The Morgan fingerprint density at radius 3 is 2.65 bits per heavy atom. The average molecular weight is 542 g/mol. The molecule has 0 unspecified atom stereocenters. The van der Waals surface area contributed by atoms with Crippen molar-refractivity contribution in [2.24, 2.45) is 0 Å². The molecule has 34 heavy (non-hydrogen) atoms. The number of methoxy groups -OCH3 is 1. The van der Waals surface area contributed by atoms with E-state index in [2.05, 4.69) is 26.1 Å². The molecule has 0 bridgehead atoms.